The van der Waals surface area contributed by atoms with Crippen molar-refractivity contribution < 1.29 is 0 Å². The predicted octanol–water partition coefficient (Wildman–Crippen LogP) is 6.30. The summed E-state index contributed by atoms with van der Waals surface area (Å²) >= 11 is 0. The van der Waals surface area contributed by atoms with Crippen molar-refractivity contribution in [1.82, 2.24) is 0 Å². The van der Waals surface area contributed by atoms with Gasteiger partial charge in [0.25, 0.3) is 0 Å². The number of rotatable bonds is 6. The lowest BCUT2D eigenvalue weighted by Gasteiger charge is -2.44. The molecule has 0 nitrogen and oxygen atoms in total. The van der Waals surface area contributed by atoms with Gasteiger partial charge in [-0.1, -0.05) is 60.3 Å². The lowest BCUT2D eigenvalue weighted by atomic mass is 9.61. The lowest BCUT2D eigenvalue weighted by Crippen LogP contribution is -2.35. The molecule has 3 atom stereocenters. The highest BCUT2D eigenvalue weighted by Gasteiger charge is 2.44. The van der Waals surface area contributed by atoms with Crippen LogP contribution in [0.15, 0.2) is 0 Å². The highest BCUT2D eigenvalue weighted by molar-refractivity contribution is 4.94. The van der Waals surface area contributed by atoms with Crippen LogP contribution in [0.5, 0.6) is 0 Å². The van der Waals surface area contributed by atoms with E-state index in [1.54, 1.807) is 0 Å². The quantitative estimate of drug-likeness (QED) is 0.528. The SMILES string of the molecule is CCC(CC)(CC1CC1C)C(C)C1CCC(C)CC1. The zero-order valence-corrected chi connectivity index (χ0v) is 14.0. The van der Waals surface area contributed by atoms with Gasteiger partial charge in [-0.05, 0) is 60.7 Å². The minimum atomic E-state index is 0.653. The van der Waals surface area contributed by atoms with E-state index in [-0.39, 0.29) is 0 Å². The zero-order valence-electron chi connectivity index (χ0n) is 14.0. The molecular formula is C19H36. The fraction of sp³-hybridized carbons (Fsp3) is 1.00. The number of hydrogen-bond acceptors (Lipinski definition) is 0. The number of hydrogen-bond donors (Lipinski definition) is 0. The van der Waals surface area contributed by atoms with E-state index in [0.29, 0.717) is 5.41 Å². The molecule has 0 heteroatoms. The molecule has 0 spiro atoms. The molecule has 0 radical (unpaired) electrons. The van der Waals surface area contributed by atoms with Crippen LogP contribution in [0.25, 0.3) is 0 Å². The fourth-order valence-electron chi connectivity index (χ4n) is 4.86. The normalized spacial score (nSPS) is 37.1. The lowest BCUT2D eigenvalue weighted by molar-refractivity contribution is 0.0569. The summed E-state index contributed by atoms with van der Waals surface area (Å²) in [5, 5.41) is 0. The summed E-state index contributed by atoms with van der Waals surface area (Å²) in [6, 6.07) is 0. The summed E-state index contributed by atoms with van der Waals surface area (Å²) in [7, 11) is 0. The van der Waals surface area contributed by atoms with E-state index in [0.717, 1.165) is 29.6 Å². The molecule has 112 valence electrons. The third-order valence-electron chi connectivity index (χ3n) is 7.09. The van der Waals surface area contributed by atoms with Gasteiger partial charge in [0.05, 0.1) is 0 Å². The van der Waals surface area contributed by atoms with Crippen LogP contribution >= 0.6 is 0 Å². The fourth-order valence-corrected chi connectivity index (χ4v) is 4.86. The van der Waals surface area contributed by atoms with Crippen molar-refractivity contribution >= 4 is 0 Å². The summed E-state index contributed by atoms with van der Waals surface area (Å²) < 4.78 is 0. The Bertz CT molecular complexity index is 268. The molecule has 19 heavy (non-hydrogen) atoms. The Morgan fingerprint density at radius 3 is 1.95 bits per heavy atom. The molecule has 2 aliphatic rings. The minimum Gasteiger partial charge on any atom is -0.0648 e. The Morgan fingerprint density at radius 2 is 1.53 bits per heavy atom. The van der Waals surface area contributed by atoms with E-state index >= 15 is 0 Å². The molecule has 0 bridgehead atoms. The van der Waals surface area contributed by atoms with Crippen LogP contribution in [0.4, 0.5) is 0 Å². The van der Waals surface area contributed by atoms with Gasteiger partial charge in [0.2, 0.25) is 0 Å². The maximum absolute atomic E-state index is 2.60. The molecule has 0 aromatic heterocycles. The monoisotopic (exact) mass is 264 g/mol. The molecule has 0 amide bonds. The Hall–Kier alpha value is 0. The zero-order chi connectivity index (χ0) is 14.0. The highest BCUT2D eigenvalue weighted by atomic mass is 14.5. The van der Waals surface area contributed by atoms with E-state index in [9.17, 15) is 0 Å². The Labute approximate surface area is 121 Å². The van der Waals surface area contributed by atoms with Gasteiger partial charge in [0.1, 0.15) is 0 Å². The second-order valence-electron chi connectivity index (χ2n) is 8.06. The van der Waals surface area contributed by atoms with Gasteiger partial charge >= 0.3 is 0 Å². The highest BCUT2D eigenvalue weighted by Crippen LogP contribution is 2.54. The van der Waals surface area contributed by atoms with Gasteiger partial charge < -0.3 is 0 Å². The first-order valence-corrected chi connectivity index (χ1v) is 9.02. The molecule has 2 fully saturated rings. The molecule has 3 unspecified atom stereocenters. The molecule has 0 aliphatic heterocycles. The minimum absolute atomic E-state index is 0.653. The van der Waals surface area contributed by atoms with E-state index < -0.39 is 0 Å². The van der Waals surface area contributed by atoms with Crippen LogP contribution in [0.2, 0.25) is 0 Å². The maximum Gasteiger partial charge on any atom is -0.0272 e. The van der Waals surface area contributed by atoms with Crippen molar-refractivity contribution in [3.8, 4) is 0 Å². The molecule has 0 saturated heterocycles. The van der Waals surface area contributed by atoms with Crippen molar-refractivity contribution in [2.75, 3.05) is 0 Å². The molecule has 2 saturated carbocycles. The second-order valence-corrected chi connectivity index (χ2v) is 8.06. The predicted molar refractivity (Wildman–Crippen MR) is 85.2 cm³/mol. The summed E-state index contributed by atoms with van der Waals surface area (Å²) in [5.74, 6) is 5.04. The molecule has 0 heterocycles. The first-order chi connectivity index (χ1) is 9.02. The van der Waals surface area contributed by atoms with Gasteiger partial charge in [-0.15, -0.1) is 0 Å². The molecule has 2 aliphatic carbocycles. The van der Waals surface area contributed by atoms with E-state index in [1.165, 1.54) is 51.4 Å². The second kappa shape index (κ2) is 6.19. The first-order valence-electron chi connectivity index (χ1n) is 9.02. The largest absolute Gasteiger partial charge is 0.0648 e. The van der Waals surface area contributed by atoms with Gasteiger partial charge in [-0.3, -0.25) is 0 Å². The topological polar surface area (TPSA) is 0 Å². The Balaban J connectivity index is 2.00. The van der Waals surface area contributed by atoms with Crippen LogP contribution in [0.3, 0.4) is 0 Å². The van der Waals surface area contributed by atoms with Crippen molar-refractivity contribution in [3.63, 3.8) is 0 Å². The van der Waals surface area contributed by atoms with Crippen molar-refractivity contribution in [3.05, 3.63) is 0 Å². The van der Waals surface area contributed by atoms with Gasteiger partial charge in [-0.2, -0.15) is 0 Å². The van der Waals surface area contributed by atoms with Crippen LogP contribution in [-0.2, 0) is 0 Å². The van der Waals surface area contributed by atoms with E-state index in [1.807, 2.05) is 0 Å². The van der Waals surface area contributed by atoms with Crippen LogP contribution in [-0.4, -0.2) is 0 Å². The standard InChI is InChI=1S/C19H36/c1-6-19(7-2,13-18-12-15(18)4)16(5)17-10-8-14(3)9-11-17/h14-18H,6-13H2,1-5H3. The summed E-state index contributed by atoms with van der Waals surface area (Å²) in [6.07, 6.45) is 11.8. The molecule has 0 aromatic rings. The average molecular weight is 264 g/mol. The average Bonchev–Trinajstić information content (AvgIpc) is 3.11. The first kappa shape index (κ1) is 15.4. The summed E-state index contributed by atoms with van der Waals surface area (Å²) in [4.78, 5) is 0. The van der Waals surface area contributed by atoms with Crippen molar-refractivity contribution in [2.24, 2.45) is 35.0 Å². The van der Waals surface area contributed by atoms with Crippen LogP contribution in [0.1, 0.15) is 86.0 Å². The third-order valence-corrected chi connectivity index (χ3v) is 7.09. The molecule has 2 rings (SSSR count). The maximum atomic E-state index is 2.60. The van der Waals surface area contributed by atoms with E-state index in [2.05, 4.69) is 34.6 Å². The smallest absolute Gasteiger partial charge is 0.0272 e. The molecule has 0 aromatic carbocycles. The van der Waals surface area contributed by atoms with Crippen LogP contribution < -0.4 is 0 Å². The molecule has 0 N–H and O–H groups in total. The van der Waals surface area contributed by atoms with Gasteiger partial charge in [-0.25, -0.2) is 0 Å². The molecular weight excluding hydrogens is 228 g/mol. The summed E-state index contributed by atoms with van der Waals surface area (Å²) in [5.41, 5.74) is 0.653. The van der Waals surface area contributed by atoms with Crippen molar-refractivity contribution in [1.29, 1.82) is 0 Å². The van der Waals surface area contributed by atoms with Crippen molar-refractivity contribution in [2.45, 2.75) is 86.0 Å². The Kier molecular flexibility index (Phi) is 5.01. The van der Waals surface area contributed by atoms with Gasteiger partial charge in [0, 0.05) is 0 Å². The van der Waals surface area contributed by atoms with E-state index in [4.69, 9.17) is 0 Å². The van der Waals surface area contributed by atoms with Crippen LogP contribution in [0, 0.1) is 35.0 Å². The Morgan fingerprint density at radius 1 is 1.00 bits per heavy atom. The third kappa shape index (κ3) is 3.37. The van der Waals surface area contributed by atoms with Gasteiger partial charge in [0.15, 0.2) is 0 Å². The summed E-state index contributed by atoms with van der Waals surface area (Å²) in [6.45, 7) is 12.4.